The monoisotopic (exact) mass is 779 g/mol. The van der Waals surface area contributed by atoms with Gasteiger partial charge in [0, 0.05) is 37.0 Å². The van der Waals surface area contributed by atoms with E-state index in [0.29, 0.717) is 38.5 Å². The van der Waals surface area contributed by atoms with Gasteiger partial charge in [-0.25, -0.2) is 4.79 Å². The zero-order chi connectivity index (χ0) is 41.2. The Balaban J connectivity index is 1.95. The van der Waals surface area contributed by atoms with Gasteiger partial charge in [-0.05, 0) is 75.9 Å². The van der Waals surface area contributed by atoms with Crippen LogP contribution in [0.15, 0.2) is 35.5 Å². The summed E-state index contributed by atoms with van der Waals surface area (Å²) in [5.74, 6) is -4.64. The van der Waals surface area contributed by atoms with Crippen molar-refractivity contribution in [2.75, 3.05) is 0 Å². The van der Waals surface area contributed by atoms with Gasteiger partial charge >= 0.3 is 12.1 Å². The van der Waals surface area contributed by atoms with Gasteiger partial charge in [0.25, 0.3) is 0 Å². The fourth-order valence-electron chi connectivity index (χ4n) is 8.30. The molecule has 1 saturated heterocycles. The number of carbonyl (C=O) groups excluding carboxylic acids is 3. The molecule has 3 heterocycles. The lowest BCUT2D eigenvalue weighted by molar-refractivity contribution is -0.254. The number of cyclic esters (lactones) is 1. The molecule has 0 aromatic heterocycles. The minimum Gasteiger partial charge on any atom is -0.462 e. The van der Waals surface area contributed by atoms with Crippen LogP contribution < -0.4 is 5.73 Å². The maximum absolute atomic E-state index is 13.7. The van der Waals surface area contributed by atoms with E-state index < -0.39 is 97.1 Å². The molecule has 3 aliphatic heterocycles. The van der Waals surface area contributed by atoms with E-state index in [1.807, 2.05) is 72.8 Å². The second-order valence-electron chi connectivity index (χ2n) is 16.4. The van der Waals surface area contributed by atoms with E-state index in [1.54, 1.807) is 13.8 Å². The van der Waals surface area contributed by atoms with E-state index in [4.69, 9.17) is 29.4 Å². The van der Waals surface area contributed by atoms with Gasteiger partial charge in [-0.3, -0.25) is 9.59 Å². The first-order valence-corrected chi connectivity index (χ1v) is 20.3. The Bertz CT molecular complexity index is 1370. The maximum Gasteiger partial charge on any atom is 0.404 e. The molecule has 1 amide bonds. The van der Waals surface area contributed by atoms with Crippen molar-refractivity contribution in [1.29, 1.82) is 0 Å². The molecule has 0 radical (unpaired) electrons. The van der Waals surface area contributed by atoms with Crippen molar-refractivity contribution >= 4 is 17.8 Å². The highest BCUT2D eigenvalue weighted by molar-refractivity contribution is 5.81. The Kier molecular flexibility index (Phi) is 18.0. The van der Waals surface area contributed by atoms with Gasteiger partial charge in [0.05, 0.1) is 30.8 Å². The van der Waals surface area contributed by atoms with E-state index in [9.17, 15) is 34.8 Å². The Morgan fingerprint density at radius 1 is 1.05 bits per heavy atom. The van der Waals surface area contributed by atoms with Gasteiger partial charge in [-0.1, -0.05) is 65.8 Å². The molecule has 0 aliphatic carbocycles. The number of ether oxygens (including phenoxy) is 5. The van der Waals surface area contributed by atoms with Crippen LogP contribution in [0.5, 0.6) is 0 Å². The molecule has 13 heteroatoms. The fraction of sp³-hybridized carbons (Fsp3) is 0.786. The van der Waals surface area contributed by atoms with Crippen LogP contribution in [0.1, 0.15) is 120 Å². The molecule has 55 heavy (non-hydrogen) atoms. The third-order valence-corrected chi connectivity index (χ3v) is 11.7. The van der Waals surface area contributed by atoms with E-state index in [1.165, 1.54) is 0 Å². The van der Waals surface area contributed by atoms with Gasteiger partial charge in [-0.15, -0.1) is 0 Å². The number of ketones is 1. The lowest BCUT2D eigenvalue weighted by Crippen LogP contribution is -2.50. The summed E-state index contributed by atoms with van der Waals surface area (Å²) in [6.45, 7) is 16.6. The van der Waals surface area contributed by atoms with Crippen LogP contribution in [0.25, 0.3) is 0 Å². The van der Waals surface area contributed by atoms with Crippen LogP contribution in [-0.2, 0) is 33.3 Å². The van der Waals surface area contributed by atoms with Crippen molar-refractivity contribution in [3.63, 3.8) is 0 Å². The van der Waals surface area contributed by atoms with Crippen LogP contribution in [0.4, 0.5) is 4.79 Å². The second kappa shape index (κ2) is 21.2. The van der Waals surface area contributed by atoms with Crippen molar-refractivity contribution < 1.29 is 58.5 Å². The van der Waals surface area contributed by atoms with E-state index in [-0.39, 0.29) is 30.5 Å². The van der Waals surface area contributed by atoms with Gasteiger partial charge in [0.15, 0.2) is 12.1 Å². The molecule has 0 aromatic carbocycles. The molecule has 1 fully saturated rings. The highest BCUT2D eigenvalue weighted by Gasteiger charge is 2.42. The summed E-state index contributed by atoms with van der Waals surface area (Å²) < 4.78 is 29.8. The number of amides is 1. The highest BCUT2D eigenvalue weighted by atomic mass is 16.7. The SMILES string of the molecule is CCC(=O)[C@@H](CC)[C@@H](O)[C@H](C)C[C@@H](C)[C@H]1OC(=O)C[C@@]2(O)CC=C(C)[C@H](O2)/C(C)=C/CCC[C@@H](O[C@H]2C[C@@H](OC(N)=O)[C@H](O)[C@@H](C)O2)C=C[C@H](C)C(O)[C@H]1C. The summed E-state index contributed by atoms with van der Waals surface area (Å²) in [6.07, 6.45) is 2.42. The third kappa shape index (κ3) is 13.2. The molecule has 13 nitrogen and oxygen atoms in total. The number of esters is 1. The number of carbonyl (C=O) groups is 3. The number of primary amides is 1. The maximum atomic E-state index is 13.7. The number of Topliss-reactive ketones (excluding diaryl/α,β-unsaturated/α-hetero) is 1. The molecule has 0 saturated carbocycles. The molecule has 0 aromatic rings. The number of aliphatic hydroxyl groups excluding tert-OH is 3. The van der Waals surface area contributed by atoms with Gasteiger partial charge in [0.1, 0.15) is 30.2 Å². The summed E-state index contributed by atoms with van der Waals surface area (Å²) in [5, 5.41) is 45.1. The Morgan fingerprint density at radius 3 is 2.36 bits per heavy atom. The topological polar surface area (TPSA) is 204 Å². The van der Waals surface area contributed by atoms with E-state index in [2.05, 4.69) is 0 Å². The largest absolute Gasteiger partial charge is 0.462 e. The summed E-state index contributed by atoms with van der Waals surface area (Å²) >= 11 is 0. The summed E-state index contributed by atoms with van der Waals surface area (Å²) in [5.41, 5.74) is 7.06. The predicted octanol–water partition coefficient (Wildman–Crippen LogP) is 5.41. The van der Waals surface area contributed by atoms with E-state index in [0.717, 1.165) is 11.1 Å². The van der Waals surface area contributed by atoms with Crippen molar-refractivity contribution in [2.24, 2.45) is 35.3 Å². The number of hydrogen-bond acceptors (Lipinski definition) is 12. The van der Waals surface area contributed by atoms with Crippen LogP contribution in [-0.4, -0.2) is 99.2 Å². The average Bonchev–Trinajstić information content (AvgIpc) is 3.12. The lowest BCUT2D eigenvalue weighted by atomic mass is 9.77. The number of fused-ring (bicyclic) bond motifs is 2. The average molecular weight is 780 g/mol. The Morgan fingerprint density at radius 2 is 1.73 bits per heavy atom. The molecule has 3 aliphatic rings. The summed E-state index contributed by atoms with van der Waals surface area (Å²) in [4.78, 5) is 37.8. The molecule has 2 bridgehead atoms. The molecule has 0 spiro atoms. The summed E-state index contributed by atoms with van der Waals surface area (Å²) in [7, 11) is 0. The van der Waals surface area contributed by atoms with Crippen LogP contribution in [0.3, 0.4) is 0 Å². The first-order chi connectivity index (χ1) is 25.8. The second-order valence-corrected chi connectivity index (χ2v) is 16.4. The molecule has 6 N–H and O–H groups in total. The molecular weight excluding hydrogens is 710 g/mol. The molecule has 15 atom stereocenters. The first-order valence-electron chi connectivity index (χ1n) is 20.3. The number of allylic oxidation sites excluding steroid dienone is 1. The van der Waals surface area contributed by atoms with Crippen LogP contribution in [0.2, 0.25) is 0 Å². The normalized spacial score (nSPS) is 37.4. The van der Waals surface area contributed by atoms with Crippen molar-refractivity contribution in [3.05, 3.63) is 35.5 Å². The van der Waals surface area contributed by atoms with E-state index >= 15 is 0 Å². The summed E-state index contributed by atoms with van der Waals surface area (Å²) in [6, 6.07) is 0. The standard InChI is InChI=1S/C42H69NO12/c1-10-31(32(44)11-2)37(47)26(6)20-27(7)40-28(8)36(46)23(3)16-17-30(52-35-21-33(53-41(43)49)38(48)29(9)51-35)15-13-12-14-24(4)39-25(5)18-19-42(50,55-39)22-34(45)54-40/h14,16-18,23,26-31,33,35-40,46-48,50H,10-13,15,19-22H2,1-9H3,(H2,43,49)/b17-16?,24-14+/t23-,26+,27+,28+,29+,30+,31+,33+,35-,36?,37-,38+,39+,40+,42+/m0/s1. The molecule has 3 rings (SSSR count). The highest BCUT2D eigenvalue weighted by Crippen LogP contribution is 2.36. The van der Waals surface area contributed by atoms with Crippen molar-refractivity contribution in [3.8, 4) is 0 Å². The quantitative estimate of drug-likeness (QED) is 0.132. The van der Waals surface area contributed by atoms with Gasteiger partial charge in [0.2, 0.25) is 0 Å². The van der Waals surface area contributed by atoms with Crippen LogP contribution in [0, 0.1) is 29.6 Å². The molecular formula is C42H69NO12. The minimum atomic E-state index is -1.80. The van der Waals surface area contributed by atoms with Crippen molar-refractivity contribution in [2.45, 2.75) is 181 Å². The van der Waals surface area contributed by atoms with Crippen molar-refractivity contribution in [1.82, 2.24) is 0 Å². The fourth-order valence-corrected chi connectivity index (χ4v) is 8.30. The third-order valence-electron chi connectivity index (χ3n) is 11.7. The van der Waals surface area contributed by atoms with Gasteiger partial charge < -0.3 is 49.8 Å². The first kappa shape index (κ1) is 46.7. The predicted molar refractivity (Wildman–Crippen MR) is 206 cm³/mol. The lowest BCUT2D eigenvalue weighted by Gasteiger charge is -2.39. The van der Waals surface area contributed by atoms with Gasteiger partial charge in [-0.2, -0.15) is 0 Å². The number of rotatable bonds is 11. The van der Waals surface area contributed by atoms with Crippen LogP contribution >= 0.6 is 0 Å². The Labute approximate surface area is 327 Å². The number of aliphatic hydroxyl groups is 4. The minimum absolute atomic E-state index is 0.00168. The zero-order valence-corrected chi connectivity index (χ0v) is 34.4. The smallest absolute Gasteiger partial charge is 0.404 e. The number of nitrogens with two attached hydrogens (primary N) is 1. The number of hydrogen-bond donors (Lipinski definition) is 5. The zero-order valence-electron chi connectivity index (χ0n) is 34.4. The molecule has 1 unspecified atom stereocenters. The molecule has 314 valence electrons. The Hall–Kier alpha value is -2.65.